The number of likely N-dealkylation sites (tertiary alicyclic amines) is 1. The summed E-state index contributed by atoms with van der Waals surface area (Å²) in [4.78, 5) is 82.0. The summed E-state index contributed by atoms with van der Waals surface area (Å²) in [6.07, 6.45) is 6.78. The number of rotatable bonds is 13. The zero-order valence-electron chi connectivity index (χ0n) is 37.0. The highest BCUT2D eigenvalue weighted by Gasteiger charge is 2.36. The van der Waals surface area contributed by atoms with Crippen LogP contribution < -0.4 is 30.9 Å². The van der Waals surface area contributed by atoms with Crippen LogP contribution in [0.2, 0.25) is 0 Å². The van der Waals surface area contributed by atoms with Crippen molar-refractivity contribution in [3.05, 3.63) is 108 Å². The van der Waals surface area contributed by atoms with Gasteiger partial charge in [0.25, 0.3) is 11.8 Å². The van der Waals surface area contributed by atoms with Gasteiger partial charge in [0.05, 0.1) is 30.7 Å². The summed E-state index contributed by atoms with van der Waals surface area (Å²) >= 11 is 0. The van der Waals surface area contributed by atoms with E-state index in [-0.39, 0.29) is 36.1 Å². The van der Waals surface area contributed by atoms with E-state index in [9.17, 15) is 24.0 Å². The van der Waals surface area contributed by atoms with Crippen LogP contribution in [0.3, 0.4) is 0 Å². The molecule has 3 saturated heterocycles. The van der Waals surface area contributed by atoms with E-state index in [1.807, 2.05) is 88.5 Å². The summed E-state index contributed by atoms with van der Waals surface area (Å²) in [7, 11) is 1.97. The number of nitrogens with two attached hydrogens (primary N) is 1. The van der Waals surface area contributed by atoms with Crippen molar-refractivity contribution >= 4 is 46.9 Å². The minimum absolute atomic E-state index is 0.0705. The molecule has 0 aliphatic carbocycles. The standard InChI is InChI=1S/C48H54N12O6/c1-55(31-40-51-29-36(30-52-40)56-25-27-58(28-26-56)47(64)34-7-11-35(12-8-34)59-24-18-41(61)53-48(59)65)21-19-42(62)57-22-16-32(17-23-57)39-15-20-50-46-43(45(49)63)44(54-60(39)46)33-9-13-38(14-10-33)66-37-5-3-2-4-6-37/h2-14,29-30,32,39,50H,15-28,31H2,1H3,(H2,49,63)(H,53,61,65)/t39-/m0/s1. The molecule has 18 heteroatoms. The topological polar surface area (TPSA) is 204 Å². The Kier molecular flexibility index (Phi) is 12.9. The largest absolute Gasteiger partial charge is 0.457 e. The van der Waals surface area contributed by atoms with Crippen molar-refractivity contribution in [3.63, 3.8) is 0 Å². The molecule has 0 saturated carbocycles. The molecule has 2 aromatic heterocycles. The molecule has 0 unspecified atom stereocenters. The maximum Gasteiger partial charge on any atom is 0.328 e. The Labute approximate surface area is 382 Å². The fourth-order valence-electron chi connectivity index (χ4n) is 9.32. The molecule has 0 bridgehead atoms. The summed E-state index contributed by atoms with van der Waals surface area (Å²) in [5.74, 6) is 2.24. The van der Waals surface area contributed by atoms with E-state index in [2.05, 4.69) is 30.4 Å². The molecule has 3 fully saturated rings. The molecule has 5 aromatic rings. The lowest BCUT2D eigenvalue weighted by atomic mass is 9.86. The van der Waals surface area contributed by atoms with Crippen LogP contribution >= 0.6 is 0 Å². The molecular formula is C48H54N12O6. The number of carbonyl (C=O) groups is 5. The predicted molar refractivity (Wildman–Crippen MR) is 247 cm³/mol. The van der Waals surface area contributed by atoms with Crippen molar-refractivity contribution in [1.29, 1.82) is 0 Å². The first-order valence-electron chi connectivity index (χ1n) is 22.6. The fraction of sp³-hybridized carbons (Fsp3) is 0.375. The third kappa shape index (κ3) is 9.68. The SMILES string of the molecule is CN(CCC(=O)N1CCC([C@@H]2CCNc3c(C(N)=O)c(-c4ccc(Oc5ccccc5)cc4)nn32)CC1)Cc1ncc(N2CCN(C(=O)c3ccc(N4CCC(=O)NC4=O)cc3)CC2)cn1. The number of para-hydroxylation sites is 1. The number of benzene rings is 3. The van der Waals surface area contributed by atoms with E-state index in [4.69, 9.17) is 15.6 Å². The quantitative estimate of drug-likeness (QED) is 0.147. The molecule has 4 aliphatic heterocycles. The van der Waals surface area contributed by atoms with Crippen LogP contribution in [0, 0.1) is 5.92 Å². The van der Waals surface area contributed by atoms with Gasteiger partial charge in [0.2, 0.25) is 11.8 Å². The van der Waals surface area contributed by atoms with Crippen molar-refractivity contribution < 1.29 is 28.7 Å². The fourth-order valence-corrected chi connectivity index (χ4v) is 9.32. The second-order valence-electron chi connectivity index (χ2n) is 17.2. The van der Waals surface area contributed by atoms with Gasteiger partial charge in [0.1, 0.15) is 34.4 Å². The molecular weight excluding hydrogens is 841 g/mol. The van der Waals surface area contributed by atoms with Gasteiger partial charge < -0.3 is 30.5 Å². The summed E-state index contributed by atoms with van der Waals surface area (Å²) in [5.41, 5.74) is 9.72. The highest BCUT2D eigenvalue weighted by Crippen LogP contribution is 2.40. The third-order valence-corrected chi connectivity index (χ3v) is 13.0. The number of piperidine rings is 1. The molecule has 9 rings (SSSR count). The Hall–Kier alpha value is -7.34. The maximum atomic E-state index is 13.4. The van der Waals surface area contributed by atoms with Gasteiger partial charge in [0, 0.05) is 88.6 Å². The van der Waals surface area contributed by atoms with E-state index in [0.717, 1.165) is 36.3 Å². The van der Waals surface area contributed by atoms with Crippen LogP contribution in [0.5, 0.6) is 11.5 Å². The molecule has 6 amide bonds. The zero-order valence-corrected chi connectivity index (χ0v) is 37.0. The monoisotopic (exact) mass is 894 g/mol. The minimum Gasteiger partial charge on any atom is -0.457 e. The number of fused-ring (bicyclic) bond motifs is 1. The van der Waals surface area contributed by atoms with E-state index in [0.29, 0.717) is 112 Å². The van der Waals surface area contributed by atoms with Crippen molar-refractivity contribution in [1.82, 2.24) is 39.8 Å². The minimum atomic E-state index is -0.533. The van der Waals surface area contributed by atoms with Crippen molar-refractivity contribution in [2.75, 3.05) is 81.1 Å². The number of piperazine rings is 1. The van der Waals surface area contributed by atoms with Gasteiger partial charge in [0.15, 0.2) is 0 Å². The van der Waals surface area contributed by atoms with Crippen molar-refractivity contribution in [2.24, 2.45) is 11.7 Å². The maximum absolute atomic E-state index is 13.4. The Bertz CT molecular complexity index is 2550. The molecule has 4 N–H and O–H groups in total. The lowest BCUT2D eigenvalue weighted by Gasteiger charge is -2.38. The Morgan fingerprint density at radius 1 is 0.803 bits per heavy atom. The van der Waals surface area contributed by atoms with Crippen LogP contribution in [0.1, 0.15) is 64.7 Å². The van der Waals surface area contributed by atoms with Gasteiger partial charge >= 0.3 is 6.03 Å². The third-order valence-electron chi connectivity index (χ3n) is 13.0. The van der Waals surface area contributed by atoms with Crippen molar-refractivity contribution in [3.8, 4) is 22.8 Å². The van der Waals surface area contributed by atoms with Crippen LogP contribution in [-0.2, 0) is 16.1 Å². The van der Waals surface area contributed by atoms with Gasteiger partial charge in [-0.1, -0.05) is 18.2 Å². The number of urea groups is 1. The van der Waals surface area contributed by atoms with Gasteiger partial charge in [-0.3, -0.25) is 34.3 Å². The lowest BCUT2D eigenvalue weighted by Crippen LogP contribution is -2.49. The average molecular weight is 895 g/mol. The first-order chi connectivity index (χ1) is 32.1. The van der Waals surface area contributed by atoms with E-state index < -0.39 is 11.9 Å². The first kappa shape index (κ1) is 43.9. The number of hydrogen-bond acceptors (Lipinski definition) is 12. The number of carbonyl (C=O) groups excluding carboxylic acids is 5. The van der Waals surface area contributed by atoms with Gasteiger partial charge in [-0.05, 0) is 92.9 Å². The highest BCUT2D eigenvalue weighted by molar-refractivity contribution is 6.06. The molecule has 0 spiro atoms. The van der Waals surface area contributed by atoms with E-state index in [1.165, 1.54) is 4.90 Å². The number of imide groups is 1. The van der Waals surface area contributed by atoms with Gasteiger partial charge in [-0.2, -0.15) is 5.10 Å². The molecule has 4 aliphatic rings. The predicted octanol–water partition coefficient (Wildman–Crippen LogP) is 4.76. The number of amides is 6. The van der Waals surface area contributed by atoms with Crippen LogP contribution in [0.15, 0.2) is 91.3 Å². The number of nitrogens with one attached hydrogen (secondary N) is 2. The molecule has 6 heterocycles. The Morgan fingerprint density at radius 2 is 1.50 bits per heavy atom. The summed E-state index contributed by atoms with van der Waals surface area (Å²) < 4.78 is 7.92. The van der Waals surface area contributed by atoms with Crippen LogP contribution in [0.4, 0.5) is 22.0 Å². The number of nitrogens with zero attached hydrogens (tertiary/aromatic N) is 9. The smallest absolute Gasteiger partial charge is 0.328 e. The summed E-state index contributed by atoms with van der Waals surface area (Å²) in [6.45, 7) is 5.74. The zero-order chi connectivity index (χ0) is 45.7. The number of anilines is 3. The van der Waals surface area contributed by atoms with E-state index in [1.54, 1.807) is 24.3 Å². The van der Waals surface area contributed by atoms with Gasteiger partial charge in [-0.15, -0.1) is 0 Å². The van der Waals surface area contributed by atoms with E-state index >= 15 is 0 Å². The number of ether oxygens (including phenoxy) is 1. The van der Waals surface area contributed by atoms with Crippen LogP contribution in [-0.4, -0.2) is 130 Å². The average Bonchev–Trinajstić information content (AvgIpc) is 3.75. The van der Waals surface area contributed by atoms with Crippen molar-refractivity contribution in [2.45, 2.75) is 44.7 Å². The number of aromatic nitrogens is 4. The van der Waals surface area contributed by atoms with Crippen LogP contribution in [0.25, 0.3) is 11.3 Å². The molecule has 66 heavy (non-hydrogen) atoms. The highest BCUT2D eigenvalue weighted by atomic mass is 16.5. The second-order valence-corrected chi connectivity index (χ2v) is 17.2. The number of primary amides is 1. The van der Waals surface area contributed by atoms with Gasteiger partial charge in [-0.25, -0.2) is 19.4 Å². The molecule has 342 valence electrons. The Morgan fingerprint density at radius 3 is 2.18 bits per heavy atom. The summed E-state index contributed by atoms with van der Waals surface area (Å²) in [5, 5.41) is 10.7. The summed E-state index contributed by atoms with van der Waals surface area (Å²) in [6, 6.07) is 23.6. The Balaban J connectivity index is 0.718. The molecule has 3 aromatic carbocycles. The first-order valence-corrected chi connectivity index (χ1v) is 22.6. The second kappa shape index (κ2) is 19.4. The lowest BCUT2D eigenvalue weighted by molar-refractivity contribution is -0.133. The normalized spacial score (nSPS) is 17.9. The molecule has 0 radical (unpaired) electrons. The molecule has 1 atom stereocenters. The molecule has 18 nitrogen and oxygen atoms in total. The number of hydrogen-bond donors (Lipinski definition) is 3.